The first-order chi connectivity index (χ1) is 8.02. The van der Waals surface area contributed by atoms with E-state index in [1.807, 2.05) is 6.92 Å². The molecule has 0 N–H and O–H groups in total. The fraction of sp³-hybridized carbons (Fsp3) is 0.583. The first-order valence-corrected chi connectivity index (χ1v) is 7.00. The third kappa shape index (κ3) is 7.09. The predicted molar refractivity (Wildman–Crippen MR) is 68.6 cm³/mol. The van der Waals surface area contributed by atoms with Gasteiger partial charge in [-0.3, -0.25) is 0 Å². The molecule has 0 aliphatic rings. The quantitative estimate of drug-likeness (QED) is 0.287. The lowest BCUT2D eigenvalue weighted by atomic mass is 10.3. The number of carbonyl (C=O) groups is 1. The zero-order valence-electron chi connectivity index (χ0n) is 11.0. The van der Waals surface area contributed by atoms with E-state index < -0.39 is 9.28 Å². The molecule has 0 atom stereocenters. The van der Waals surface area contributed by atoms with Crippen LogP contribution in [0.2, 0.25) is 0 Å². The number of esters is 1. The molecule has 0 unspecified atom stereocenters. The summed E-state index contributed by atoms with van der Waals surface area (Å²) in [6.45, 7) is 7.47. The molecule has 0 heterocycles. The van der Waals surface area contributed by atoms with Crippen molar-refractivity contribution in [3.05, 3.63) is 23.4 Å². The van der Waals surface area contributed by atoms with Gasteiger partial charge in [-0.15, -0.1) is 0 Å². The predicted octanol–water partition coefficient (Wildman–Crippen LogP) is 1.69. The Hall–Kier alpha value is -0.913. The molecule has 0 aromatic heterocycles. The third-order valence-electron chi connectivity index (χ3n) is 2.09. The van der Waals surface area contributed by atoms with Crippen LogP contribution in [0.25, 0.3) is 0 Å². The van der Waals surface area contributed by atoms with Crippen molar-refractivity contribution >= 4 is 15.3 Å². The van der Waals surface area contributed by atoms with Crippen LogP contribution >= 0.6 is 0 Å². The molecule has 0 bridgehead atoms. The van der Waals surface area contributed by atoms with E-state index in [1.54, 1.807) is 21.1 Å². The van der Waals surface area contributed by atoms with Crippen molar-refractivity contribution < 1.29 is 18.4 Å². The fourth-order valence-corrected chi connectivity index (χ4v) is 2.39. The maximum absolute atomic E-state index is 11.1. The van der Waals surface area contributed by atoms with Gasteiger partial charge >= 0.3 is 15.3 Å². The summed E-state index contributed by atoms with van der Waals surface area (Å²) in [6, 6.07) is 0. The Morgan fingerprint density at radius 2 is 1.88 bits per heavy atom. The summed E-state index contributed by atoms with van der Waals surface area (Å²) in [5.41, 5.74) is 0.423. The first-order valence-electron chi connectivity index (χ1n) is 5.48. The van der Waals surface area contributed by atoms with Crippen molar-refractivity contribution in [3.63, 3.8) is 0 Å². The standard InChI is InChI=1S/C12H21O4Si/c1-10(2)12(13)16-9-7-6-8-11(3)17(14-4)15-5/h17H,1,6-7,9H2,2-5H3. The van der Waals surface area contributed by atoms with Crippen molar-refractivity contribution in [2.45, 2.75) is 26.7 Å². The van der Waals surface area contributed by atoms with Gasteiger partial charge < -0.3 is 13.6 Å². The topological polar surface area (TPSA) is 44.8 Å². The van der Waals surface area contributed by atoms with Crippen LogP contribution < -0.4 is 0 Å². The van der Waals surface area contributed by atoms with E-state index in [0.717, 1.165) is 18.0 Å². The van der Waals surface area contributed by atoms with Crippen molar-refractivity contribution in [2.75, 3.05) is 20.8 Å². The Balaban J connectivity index is 3.79. The average Bonchev–Trinajstić information content (AvgIpc) is 2.29. The van der Waals surface area contributed by atoms with Crippen LogP contribution in [0.5, 0.6) is 0 Å². The molecule has 0 aromatic carbocycles. The van der Waals surface area contributed by atoms with Gasteiger partial charge in [-0.05, 0) is 38.0 Å². The second-order valence-corrected chi connectivity index (χ2v) is 6.16. The van der Waals surface area contributed by atoms with Gasteiger partial charge in [0.15, 0.2) is 0 Å². The summed E-state index contributed by atoms with van der Waals surface area (Å²) >= 11 is 0. The van der Waals surface area contributed by atoms with Crippen LogP contribution in [0.15, 0.2) is 17.3 Å². The summed E-state index contributed by atoms with van der Waals surface area (Å²) in [4.78, 5) is 11.1. The van der Waals surface area contributed by atoms with Gasteiger partial charge in [-0.25, -0.2) is 4.79 Å². The Labute approximate surface area is 105 Å². The zero-order valence-corrected chi connectivity index (χ0v) is 12.2. The summed E-state index contributed by atoms with van der Waals surface area (Å²) < 4.78 is 15.4. The summed E-state index contributed by atoms with van der Waals surface area (Å²) in [5, 5.41) is 1.03. The molecule has 4 nitrogen and oxygen atoms in total. The molecule has 17 heavy (non-hydrogen) atoms. The fourth-order valence-electron chi connectivity index (χ4n) is 1.18. The van der Waals surface area contributed by atoms with Gasteiger partial charge in [-0.2, -0.15) is 0 Å². The SMILES string of the molecule is C=C(C)C(=O)OCCC[C]=C(C)[SiH](OC)OC. The van der Waals surface area contributed by atoms with E-state index in [9.17, 15) is 4.79 Å². The van der Waals surface area contributed by atoms with Gasteiger partial charge in [-0.1, -0.05) is 6.58 Å². The summed E-state index contributed by atoms with van der Waals surface area (Å²) in [6.07, 6.45) is 4.67. The minimum Gasteiger partial charge on any atom is -0.462 e. The molecule has 0 aromatic rings. The molecule has 0 saturated carbocycles. The highest BCUT2D eigenvalue weighted by atomic mass is 28.3. The molecular weight excluding hydrogens is 236 g/mol. The third-order valence-corrected chi connectivity index (χ3v) is 3.86. The minimum absolute atomic E-state index is 0.341. The Morgan fingerprint density at radius 3 is 2.35 bits per heavy atom. The lowest BCUT2D eigenvalue weighted by Gasteiger charge is -2.10. The Kier molecular flexibility index (Phi) is 8.66. The highest BCUT2D eigenvalue weighted by Gasteiger charge is 2.11. The van der Waals surface area contributed by atoms with Crippen molar-refractivity contribution in [2.24, 2.45) is 0 Å². The number of ether oxygens (including phenoxy) is 1. The number of hydrogen-bond acceptors (Lipinski definition) is 4. The molecule has 97 valence electrons. The second kappa shape index (κ2) is 9.15. The first kappa shape index (κ1) is 16.1. The van der Waals surface area contributed by atoms with Crippen LogP contribution in [0, 0.1) is 6.08 Å². The van der Waals surface area contributed by atoms with Gasteiger partial charge in [0.1, 0.15) is 0 Å². The minimum atomic E-state index is -1.69. The van der Waals surface area contributed by atoms with E-state index in [-0.39, 0.29) is 5.97 Å². The summed E-state index contributed by atoms with van der Waals surface area (Å²) in [7, 11) is 1.59. The second-order valence-electron chi connectivity index (χ2n) is 3.68. The van der Waals surface area contributed by atoms with E-state index in [4.69, 9.17) is 13.6 Å². The lowest BCUT2D eigenvalue weighted by molar-refractivity contribution is -0.139. The molecular formula is C12H21O4Si. The van der Waals surface area contributed by atoms with Crippen LogP contribution in [0.1, 0.15) is 26.7 Å². The summed E-state index contributed by atoms with van der Waals surface area (Å²) in [5.74, 6) is -0.341. The largest absolute Gasteiger partial charge is 0.462 e. The van der Waals surface area contributed by atoms with Crippen LogP contribution in [-0.2, 0) is 18.4 Å². The maximum atomic E-state index is 11.1. The van der Waals surface area contributed by atoms with Crippen LogP contribution in [0.3, 0.4) is 0 Å². The van der Waals surface area contributed by atoms with E-state index in [1.165, 1.54) is 0 Å². The van der Waals surface area contributed by atoms with Crippen LogP contribution in [0.4, 0.5) is 0 Å². The molecule has 0 amide bonds. The van der Waals surface area contributed by atoms with Gasteiger partial charge in [0, 0.05) is 19.8 Å². The number of hydrogen-bond donors (Lipinski definition) is 0. The highest BCUT2D eigenvalue weighted by molar-refractivity contribution is 6.53. The van der Waals surface area contributed by atoms with Crippen molar-refractivity contribution in [1.29, 1.82) is 0 Å². The van der Waals surface area contributed by atoms with E-state index in [0.29, 0.717) is 12.2 Å². The van der Waals surface area contributed by atoms with E-state index >= 15 is 0 Å². The molecule has 5 heteroatoms. The van der Waals surface area contributed by atoms with Gasteiger partial charge in [0.05, 0.1) is 6.61 Å². The van der Waals surface area contributed by atoms with Crippen LogP contribution in [-0.4, -0.2) is 36.1 Å². The molecule has 0 rings (SSSR count). The Morgan fingerprint density at radius 1 is 1.29 bits per heavy atom. The molecule has 0 saturated heterocycles. The molecule has 0 spiro atoms. The number of rotatable bonds is 8. The smallest absolute Gasteiger partial charge is 0.351 e. The molecule has 0 aliphatic heterocycles. The van der Waals surface area contributed by atoms with E-state index in [2.05, 4.69) is 12.7 Å². The molecule has 1 radical (unpaired) electrons. The highest BCUT2D eigenvalue weighted by Crippen LogP contribution is 2.04. The number of unbranched alkanes of at least 4 members (excludes halogenated alkanes) is 1. The Bertz CT molecular complexity index is 282. The number of allylic oxidation sites excluding steroid dienone is 2. The van der Waals surface area contributed by atoms with Gasteiger partial charge in [0.2, 0.25) is 0 Å². The number of carbonyl (C=O) groups excluding carboxylic acids is 1. The lowest BCUT2D eigenvalue weighted by Crippen LogP contribution is -2.21. The van der Waals surface area contributed by atoms with Crippen molar-refractivity contribution in [3.8, 4) is 0 Å². The monoisotopic (exact) mass is 257 g/mol. The molecule has 0 aliphatic carbocycles. The van der Waals surface area contributed by atoms with Crippen molar-refractivity contribution in [1.82, 2.24) is 0 Å². The normalized spacial score (nSPS) is 11.7. The van der Waals surface area contributed by atoms with Gasteiger partial charge in [0.25, 0.3) is 0 Å². The molecule has 0 fully saturated rings. The average molecular weight is 257 g/mol. The maximum Gasteiger partial charge on any atom is 0.351 e. The zero-order chi connectivity index (χ0) is 13.3.